The first kappa shape index (κ1) is 16.8. The molecule has 0 aromatic heterocycles. The quantitative estimate of drug-likeness (QED) is 0.578. The molecule has 0 amide bonds. The van der Waals surface area contributed by atoms with E-state index in [1.807, 2.05) is 0 Å². The molecule has 0 saturated heterocycles. The van der Waals surface area contributed by atoms with E-state index in [2.05, 4.69) is 0 Å². The third-order valence-electron chi connectivity index (χ3n) is 3.06. The molecule has 1 aromatic carbocycles. The third kappa shape index (κ3) is 3.28. The van der Waals surface area contributed by atoms with Gasteiger partial charge in [-0.1, -0.05) is 6.07 Å². The first-order chi connectivity index (χ1) is 10.9. The Balaban J connectivity index is 2.34. The van der Waals surface area contributed by atoms with E-state index in [1.165, 1.54) is 13.0 Å². The molecule has 0 bridgehead atoms. The van der Waals surface area contributed by atoms with Crippen molar-refractivity contribution in [2.45, 2.75) is 33.0 Å². The fourth-order valence-corrected chi connectivity index (χ4v) is 2.15. The zero-order valence-electron chi connectivity index (χ0n) is 13.2. The second-order valence-corrected chi connectivity index (χ2v) is 4.92. The standard InChI is InChI=1S/C16H18O7/c1-4-20-14(18)16(15(19)21-5-2)22-12-7-6-11(8-10(3)17)9-13(12)23-16/h6-7,9H,4-5,8H2,1-3H3. The number of hydrogen-bond donors (Lipinski definition) is 0. The van der Waals surface area contributed by atoms with Gasteiger partial charge in [0, 0.05) is 6.42 Å². The lowest BCUT2D eigenvalue weighted by atomic mass is 10.1. The largest absolute Gasteiger partial charge is 0.460 e. The van der Waals surface area contributed by atoms with Crippen molar-refractivity contribution in [2.24, 2.45) is 0 Å². The summed E-state index contributed by atoms with van der Waals surface area (Å²) < 4.78 is 20.6. The summed E-state index contributed by atoms with van der Waals surface area (Å²) in [4.78, 5) is 35.6. The summed E-state index contributed by atoms with van der Waals surface area (Å²) in [5.41, 5.74) is 0.684. The molecule has 0 N–H and O–H groups in total. The number of fused-ring (bicyclic) bond motifs is 1. The van der Waals surface area contributed by atoms with Crippen LogP contribution in [-0.4, -0.2) is 36.7 Å². The number of carbonyl (C=O) groups is 3. The number of benzene rings is 1. The highest BCUT2D eigenvalue weighted by Crippen LogP contribution is 2.41. The van der Waals surface area contributed by atoms with Crippen molar-refractivity contribution in [1.82, 2.24) is 0 Å². The number of ether oxygens (including phenoxy) is 4. The predicted octanol–water partition coefficient (Wildman–Crippen LogP) is 1.41. The van der Waals surface area contributed by atoms with E-state index >= 15 is 0 Å². The van der Waals surface area contributed by atoms with Crippen molar-refractivity contribution >= 4 is 17.7 Å². The van der Waals surface area contributed by atoms with Crippen LogP contribution in [0.3, 0.4) is 0 Å². The van der Waals surface area contributed by atoms with Crippen LogP contribution in [-0.2, 0) is 30.3 Å². The van der Waals surface area contributed by atoms with Gasteiger partial charge in [-0.25, -0.2) is 9.59 Å². The SMILES string of the molecule is CCOC(=O)C1(C(=O)OCC)Oc2ccc(CC(C)=O)cc2O1. The fraction of sp³-hybridized carbons (Fsp3) is 0.438. The lowest BCUT2D eigenvalue weighted by molar-refractivity contribution is -0.202. The lowest BCUT2D eigenvalue weighted by Crippen LogP contribution is -2.55. The van der Waals surface area contributed by atoms with Crippen LogP contribution in [0.2, 0.25) is 0 Å². The molecule has 0 spiro atoms. The fourth-order valence-electron chi connectivity index (χ4n) is 2.15. The number of esters is 2. The molecule has 2 rings (SSSR count). The van der Waals surface area contributed by atoms with Crippen LogP contribution in [0.4, 0.5) is 0 Å². The van der Waals surface area contributed by atoms with E-state index in [9.17, 15) is 14.4 Å². The first-order valence-corrected chi connectivity index (χ1v) is 7.27. The molecule has 1 aromatic rings. The monoisotopic (exact) mass is 322 g/mol. The number of Topliss-reactive ketones (excluding diaryl/α,β-unsaturated/α-hetero) is 1. The molecule has 0 atom stereocenters. The van der Waals surface area contributed by atoms with Crippen LogP contribution in [0.25, 0.3) is 0 Å². The molecule has 0 aliphatic carbocycles. The van der Waals surface area contributed by atoms with E-state index < -0.39 is 17.7 Å². The highest BCUT2D eigenvalue weighted by atomic mass is 16.8. The maximum absolute atomic E-state index is 12.2. The van der Waals surface area contributed by atoms with Gasteiger partial charge in [0.15, 0.2) is 11.5 Å². The molecule has 1 aliphatic rings. The van der Waals surface area contributed by atoms with E-state index in [1.54, 1.807) is 26.0 Å². The molecule has 1 heterocycles. The molecular formula is C16H18O7. The van der Waals surface area contributed by atoms with Crippen LogP contribution in [0.1, 0.15) is 26.3 Å². The van der Waals surface area contributed by atoms with Gasteiger partial charge < -0.3 is 18.9 Å². The van der Waals surface area contributed by atoms with Crippen LogP contribution in [0, 0.1) is 0 Å². The Labute approximate surface area is 133 Å². The molecule has 0 unspecified atom stereocenters. The summed E-state index contributed by atoms with van der Waals surface area (Å²) in [7, 11) is 0. The molecule has 23 heavy (non-hydrogen) atoms. The summed E-state index contributed by atoms with van der Waals surface area (Å²) in [6.07, 6.45) is 0.211. The van der Waals surface area contributed by atoms with Gasteiger partial charge in [-0.2, -0.15) is 0 Å². The molecule has 0 fully saturated rings. The Morgan fingerprint density at radius 2 is 1.57 bits per heavy atom. The number of rotatable bonds is 6. The van der Waals surface area contributed by atoms with Crippen molar-refractivity contribution in [3.05, 3.63) is 23.8 Å². The Morgan fingerprint density at radius 1 is 1.00 bits per heavy atom. The Bertz CT molecular complexity index is 617. The highest BCUT2D eigenvalue weighted by Gasteiger charge is 2.59. The molecule has 7 heteroatoms. The summed E-state index contributed by atoms with van der Waals surface area (Å²) >= 11 is 0. The first-order valence-electron chi connectivity index (χ1n) is 7.27. The minimum Gasteiger partial charge on any atom is -0.460 e. The third-order valence-corrected chi connectivity index (χ3v) is 3.06. The second-order valence-electron chi connectivity index (χ2n) is 4.92. The molecule has 0 saturated carbocycles. The maximum atomic E-state index is 12.2. The van der Waals surface area contributed by atoms with E-state index in [4.69, 9.17) is 18.9 Å². The average Bonchev–Trinajstić information content (AvgIpc) is 2.87. The van der Waals surface area contributed by atoms with Crippen molar-refractivity contribution in [2.75, 3.05) is 13.2 Å². The van der Waals surface area contributed by atoms with Gasteiger partial charge in [0.1, 0.15) is 5.78 Å². The molecule has 0 radical (unpaired) electrons. The summed E-state index contributed by atoms with van der Waals surface area (Å²) in [5, 5.41) is 0. The zero-order chi connectivity index (χ0) is 17.0. The molecule has 1 aliphatic heterocycles. The van der Waals surface area contributed by atoms with Gasteiger partial charge in [0.2, 0.25) is 0 Å². The summed E-state index contributed by atoms with van der Waals surface area (Å²) in [6, 6.07) is 4.75. The van der Waals surface area contributed by atoms with Gasteiger partial charge in [-0.15, -0.1) is 0 Å². The van der Waals surface area contributed by atoms with Crippen LogP contribution in [0.5, 0.6) is 11.5 Å². The van der Waals surface area contributed by atoms with Crippen molar-refractivity contribution < 1.29 is 33.3 Å². The van der Waals surface area contributed by atoms with Gasteiger partial charge in [-0.05, 0) is 38.5 Å². The van der Waals surface area contributed by atoms with Crippen molar-refractivity contribution in [3.8, 4) is 11.5 Å². The van der Waals surface area contributed by atoms with Crippen molar-refractivity contribution in [1.29, 1.82) is 0 Å². The minimum absolute atomic E-state index is 0.0223. The Kier molecular flexibility index (Phi) is 4.88. The second kappa shape index (κ2) is 6.68. The zero-order valence-corrected chi connectivity index (χ0v) is 13.2. The Morgan fingerprint density at radius 3 is 2.09 bits per heavy atom. The van der Waals surface area contributed by atoms with Gasteiger partial charge in [0.05, 0.1) is 13.2 Å². The van der Waals surface area contributed by atoms with E-state index in [-0.39, 0.29) is 36.9 Å². The number of carbonyl (C=O) groups excluding carboxylic acids is 3. The van der Waals surface area contributed by atoms with Crippen molar-refractivity contribution in [3.63, 3.8) is 0 Å². The minimum atomic E-state index is -2.30. The lowest BCUT2D eigenvalue weighted by Gasteiger charge is -2.22. The normalized spacial score (nSPS) is 14.2. The van der Waals surface area contributed by atoms with E-state index in [0.717, 1.165) is 0 Å². The Hall–Kier alpha value is -2.57. The molecule has 124 valence electrons. The topological polar surface area (TPSA) is 88.1 Å². The summed E-state index contributed by atoms with van der Waals surface area (Å²) in [6.45, 7) is 4.77. The average molecular weight is 322 g/mol. The van der Waals surface area contributed by atoms with Crippen LogP contribution >= 0.6 is 0 Å². The van der Waals surface area contributed by atoms with Crippen LogP contribution < -0.4 is 9.47 Å². The maximum Gasteiger partial charge on any atom is 0.453 e. The number of hydrogen-bond acceptors (Lipinski definition) is 7. The number of ketones is 1. The van der Waals surface area contributed by atoms with Gasteiger partial charge >= 0.3 is 17.7 Å². The van der Waals surface area contributed by atoms with Gasteiger partial charge in [-0.3, -0.25) is 4.79 Å². The smallest absolute Gasteiger partial charge is 0.453 e. The molecule has 7 nitrogen and oxygen atoms in total. The van der Waals surface area contributed by atoms with Gasteiger partial charge in [0.25, 0.3) is 0 Å². The predicted molar refractivity (Wildman–Crippen MR) is 78.1 cm³/mol. The highest BCUT2D eigenvalue weighted by molar-refractivity contribution is 6.03. The molecular weight excluding hydrogens is 304 g/mol. The summed E-state index contributed by atoms with van der Waals surface area (Å²) in [5.74, 6) is -3.90. The van der Waals surface area contributed by atoms with Crippen LogP contribution in [0.15, 0.2) is 18.2 Å². The van der Waals surface area contributed by atoms with E-state index in [0.29, 0.717) is 5.56 Å².